The summed E-state index contributed by atoms with van der Waals surface area (Å²) < 4.78 is 2.40. The average Bonchev–Trinajstić information content (AvgIpc) is 2.74. The number of amidine groups is 1. The first-order valence-corrected chi connectivity index (χ1v) is 9.36. The summed E-state index contributed by atoms with van der Waals surface area (Å²) in [6, 6.07) is 16.8. The zero-order valence-electron chi connectivity index (χ0n) is 15.2. The van der Waals surface area contributed by atoms with Crippen molar-refractivity contribution >= 4 is 11.5 Å². The fourth-order valence-electron chi connectivity index (χ4n) is 4.34. The van der Waals surface area contributed by atoms with Crippen molar-refractivity contribution in [1.29, 1.82) is 0 Å². The molecule has 0 saturated heterocycles. The van der Waals surface area contributed by atoms with Crippen LogP contribution in [0, 0.1) is 13.8 Å². The molecule has 3 heteroatoms. The molecule has 0 aromatic heterocycles. The van der Waals surface area contributed by atoms with Crippen LogP contribution in [0.5, 0.6) is 0 Å². The molecule has 3 nitrogen and oxygen atoms in total. The highest BCUT2D eigenvalue weighted by Gasteiger charge is 2.54. The second kappa shape index (κ2) is 6.30. The standard InChI is InChI=1S/C22H27N2O/c1-17-12-13-18(2)20(15-17)22(25)16-23-14-8-4-7-11-21(23)24(22)19-9-5-3-6-10-19/h3,5-6,9-10,12-13,15,25H,4,7-8,11,14,16H2,1-2H3/q+1/t22-/m0/s1. The minimum absolute atomic E-state index is 0.640. The lowest BCUT2D eigenvalue weighted by atomic mass is 9.94. The van der Waals surface area contributed by atoms with E-state index in [4.69, 9.17) is 0 Å². The quantitative estimate of drug-likeness (QED) is 0.841. The maximum atomic E-state index is 12.0. The Hall–Kier alpha value is -2.13. The Morgan fingerprint density at radius 1 is 1.00 bits per heavy atom. The van der Waals surface area contributed by atoms with Crippen LogP contribution in [0.15, 0.2) is 48.5 Å². The zero-order valence-corrected chi connectivity index (χ0v) is 15.2. The number of benzene rings is 2. The van der Waals surface area contributed by atoms with Crippen LogP contribution < -0.4 is 4.90 Å². The summed E-state index contributed by atoms with van der Waals surface area (Å²) in [5.41, 5.74) is 3.42. The summed E-state index contributed by atoms with van der Waals surface area (Å²) in [6.45, 7) is 5.87. The molecule has 0 saturated carbocycles. The number of aryl methyl sites for hydroxylation is 2. The Labute approximate surface area is 150 Å². The smallest absolute Gasteiger partial charge is 0.275 e. The first-order chi connectivity index (χ1) is 12.1. The SMILES string of the molecule is Cc1ccc(C)c([C@@]2(O)C[N+]3=C(CCCCC3)N2c2ccccc2)c1. The molecule has 0 radical (unpaired) electrons. The molecule has 2 aliphatic rings. The monoisotopic (exact) mass is 335 g/mol. The van der Waals surface area contributed by atoms with Crippen molar-refractivity contribution in [2.75, 3.05) is 18.0 Å². The van der Waals surface area contributed by atoms with Crippen molar-refractivity contribution in [3.05, 3.63) is 65.2 Å². The van der Waals surface area contributed by atoms with Crippen LogP contribution in [0.4, 0.5) is 5.69 Å². The number of hydrogen-bond acceptors (Lipinski definition) is 2. The molecule has 2 aromatic carbocycles. The third kappa shape index (κ3) is 2.77. The van der Waals surface area contributed by atoms with E-state index in [2.05, 4.69) is 65.8 Å². The number of anilines is 1. The Bertz CT molecular complexity index is 812. The van der Waals surface area contributed by atoms with Gasteiger partial charge in [-0.15, -0.1) is 0 Å². The van der Waals surface area contributed by atoms with Crippen LogP contribution in [0.25, 0.3) is 0 Å². The fraction of sp³-hybridized carbons (Fsp3) is 0.409. The van der Waals surface area contributed by atoms with E-state index in [0.29, 0.717) is 6.54 Å². The van der Waals surface area contributed by atoms with E-state index < -0.39 is 5.72 Å². The Kier molecular flexibility index (Phi) is 4.12. The predicted molar refractivity (Wildman–Crippen MR) is 102 cm³/mol. The van der Waals surface area contributed by atoms with Crippen molar-refractivity contribution in [3.63, 3.8) is 0 Å². The molecular formula is C22H27N2O+. The van der Waals surface area contributed by atoms with Crippen molar-refractivity contribution in [2.24, 2.45) is 0 Å². The lowest BCUT2D eigenvalue weighted by Gasteiger charge is -2.30. The molecule has 1 atom stereocenters. The average molecular weight is 335 g/mol. The second-order valence-electron chi connectivity index (χ2n) is 7.45. The Morgan fingerprint density at radius 3 is 2.60 bits per heavy atom. The Balaban J connectivity index is 1.88. The Morgan fingerprint density at radius 2 is 1.80 bits per heavy atom. The van der Waals surface area contributed by atoms with Gasteiger partial charge in [0.1, 0.15) is 5.69 Å². The molecule has 0 aliphatic carbocycles. The second-order valence-corrected chi connectivity index (χ2v) is 7.45. The van der Waals surface area contributed by atoms with Gasteiger partial charge in [0, 0.05) is 12.0 Å². The summed E-state index contributed by atoms with van der Waals surface area (Å²) >= 11 is 0. The molecule has 0 spiro atoms. The highest BCUT2D eigenvalue weighted by molar-refractivity contribution is 5.97. The minimum atomic E-state index is -1.01. The molecule has 4 rings (SSSR count). The highest BCUT2D eigenvalue weighted by atomic mass is 16.3. The molecule has 2 heterocycles. The van der Waals surface area contributed by atoms with Crippen molar-refractivity contribution in [2.45, 2.75) is 45.3 Å². The third-order valence-corrected chi connectivity index (χ3v) is 5.57. The third-order valence-electron chi connectivity index (χ3n) is 5.57. The normalized spacial score (nSPS) is 23.6. The van der Waals surface area contributed by atoms with Crippen molar-refractivity contribution < 1.29 is 9.68 Å². The van der Waals surface area contributed by atoms with Gasteiger partial charge in [-0.2, -0.15) is 4.90 Å². The number of para-hydroxylation sites is 1. The highest BCUT2D eigenvalue weighted by Crippen LogP contribution is 2.39. The molecule has 130 valence electrons. The molecule has 25 heavy (non-hydrogen) atoms. The van der Waals surface area contributed by atoms with Gasteiger partial charge in [0.25, 0.3) is 11.6 Å². The summed E-state index contributed by atoms with van der Waals surface area (Å²) in [7, 11) is 0. The predicted octanol–water partition coefficient (Wildman–Crippen LogP) is 3.95. The van der Waals surface area contributed by atoms with Crippen LogP contribution in [-0.4, -0.2) is 28.6 Å². The summed E-state index contributed by atoms with van der Waals surface area (Å²) in [5.74, 6) is 1.27. The lowest BCUT2D eigenvalue weighted by Crippen LogP contribution is -2.48. The van der Waals surface area contributed by atoms with Gasteiger partial charge < -0.3 is 5.11 Å². The van der Waals surface area contributed by atoms with E-state index in [-0.39, 0.29) is 0 Å². The molecule has 1 N–H and O–H groups in total. The first-order valence-electron chi connectivity index (χ1n) is 9.36. The van der Waals surface area contributed by atoms with Crippen molar-refractivity contribution in [3.8, 4) is 0 Å². The topological polar surface area (TPSA) is 26.5 Å². The number of rotatable bonds is 2. The van der Waals surface area contributed by atoms with Crippen LogP contribution in [0.3, 0.4) is 0 Å². The van der Waals surface area contributed by atoms with Gasteiger partial charge in [-0.1, -0.05) is 35.9 Å². The largest absolute Gasteiger partial charge is 0.346 e. The van der Waals surface area contributed by atoms with Gasteiger partial charge in [-0.3, -0.25) is 4.58 Å². The maximum absolute atomic E-state index is 12.0. The van der Waals surface area contributed by atoms with Gasteiger partial charge in [0.2, 0.25) is 0 Å². The maximum Gasteiger partial charge on any atom is 0.275 e. The summed E-state index contributed by atoms with van der Waals surface area (Å²) in [4.78, 5) is 2.19. The number of hydrogen-bond donors (Lipinski definition) is 1. The summed E-state index contributed by atoms with van der Waals surface area (Å²) in [6.07, 6.45) is 4.69. The van der Waals surface area contributed by atoms with E-state index in [1.165, 1.54) is 30.7 Å². The van der Waals surface area contributed by atoms with Gasteiger partial charge >= 0.3 is 0 Å². The van der Waals surface area contributed by atoms with Gasteiger partial charge in [-0.05, 0) is 56.9 Å². The molecular weight excluding hydrogens is 308 g/mol. The molecule has 0 fully saturated rings. The van der Waals surface area contributed by atoms with Crippen LogP contribution in [0.2, 0.25) is 0 Å². The van der Waals surface area contributed by atoms with E-state index >= 15 is 0 Å². The molecule has 0 unspecified atom stereocenters. The van der Waals surface area contributed by atoms with Crippen molar-refractivity contribution in [1.82, 2.24) is 0 Å². The van der Waals surface area contributed by atoms with Crippen LogP contribution in [0.1, 0.15) is 42.4 Å². The number of nitrogens with zero attached hydrogens (tertiary/aromatic N) is 2. The number of aliphatic hydroxyl groups is 1. The molecule has 0 amide bonds. The zero-order chi connectivity index (χ0) is 17.4. The molecule has 2 aromatic rings. The van der Waals surface area contributed by atoms with E-state index in [1.54, 1.807) is 0 Å². The van der Waals surface area contributed by atoms with Crippen LogP contribution in [-0.2, 0) is 5.72 Å². The molecule has 2 aliphatic heterocycles. The fourth-order valence-corrected chi connectivity index (χ4v) is 4.34. The van der Waals surface area contributed by atoms with Gasteiger partial charge in [-0.25, -0.2) is 0 Å². The molecule has 0 bridgehead atoms. The van der Waals surface area contributed by atoms with E-state index in [0.717, 1.165) is 29.8 Å². The minimum Gasteiger partial charge on any atom is -0.346 e. The van der Waals surface area contributed by atoms with Gasteiger partial charge in [0.05, 0.1) is 6.54 Å². The lowest BCUT2D eigenvalue weighted by molar-refractivity contribution is -0.534. The first kappa shape index (κ1) is 16.3. The van der Waals surface area contributed by atoms with E-state index in [9.17, 15) is 5.11 Å². The van der Waals surface area contributed by atoms with Gasteiger partial charge in [0.15, 0.2) is 6.54 Å². The summed E-state index contributed by atoms with van der Waals surface area (Å²) in [5, 5.41) is 12.0. The van der Waals surface area contributed by atoms with E-state index in [1.807, 2.05) is 6.07 Å². The van der Waals surface area contributed by atoms with Crippen LogP contribution >= 0.6 is 0 Å².